The molecular formula is C23H30N3O3+. The average molecular weight is 397 g/mol. The lowest BCUT2D eigenvalue weighted by atomic mass is 9.73. The van der Waals surface area contributed by atoms with E-state index >= 15 is 0 Å². The summed E-state index contributed by atoms with van der Waals surface area (Å²) in [5, 5.41) is 5.32. The summed E-state index contributed by atoms with van der Waals surface area (Å²) < 4.78 is 5.29. The minimum Gasteiger partial charge on any atom is -0.497 e. The van der Waals surface area contributed by atoms with Gasteiger partial charge >= 0.3 is 6.03 Å². The van der Waals surface area contributed by atoms with Crippen LogP contribution in [0.2, 0.25) is 0 Å². The monoisotopic (exact) mass is 396 g/mol. The molecule has 6 heteroatoms. The van der Waals surface area contributed by atoms with Gasteiger partial charge in [-0.2, -0.15) is 0 Å². The number of carbonyl (C=O) groups excluding carboxylic acids is 2. The Balaban J connectivity index is 1.45. The molecule has 1 spiro atoms. The number of imide groups is 1. The number of rotatable bonds is 5. The third kappa shape index (κ3) is 3.57. The highest BCUT2D eigenvalue weighted by atomic mass is 16.5. The first-order valence-corrected chi connectivity index (χ1v) is 10.4. The predicted octanol–water partition coefficient (Wildman–Crippen LogP) is 2.32. The van der Waals surface area contributed by atoms with Crippen molar-refractivity contribution < 1.29 is 19.2 Å². The van der Waals surface area contributed by atoms with E-state index in [0.29, 0.717) is 6.67 Å². The first-order valence-electron chi connectivity index (χ1n) is 10.4. The smallest absolute Gasteiger partial charge is 0.329 e. The number of ether oxygens (including phenoxy) is 1. The molecule has 1 aliphatic heterocycles. The van der Waals surface area contributed by atoms with Gasteiger partial charge in [0.2, 0.25) is 0 Å². The maximum absolute atomic E-state index is 13.1. The maximum atomic E-state index is 13.1. The van der Waals surface area contributed by atoms with Crippen molar-refractivity contribution in [1.82, 2.24) is 10.2 Å². The van der Waals surface area contributed by atoms with Crippen LogP contribution in [0.3, 0.4) is 0 Å². The summed E-state index contributed by atoms with van der Waals surface area (Å²) in [5.41, 5.74) is 0.491. The number of amides is 3. The van der Waals surface area contributed by atoms with E-state index in [1.54, 1.807) is 7.11 Å². The molecule has 0 aromatic heterocycles. The maximum Gasteiger partial charge on any atom is 0.329 e. The second kappa shape index (κ2) is 7.67. The number of nitrogens with zero attached hydrogens (tertiary/aromatic N) is 1. The van der Waals surface area contributed by atoms with Gasteiger partial charge in [0, 0.05) is 5.56 Å². The topological polar surface area (TPSA) is 63.1 Å². The fourth-order valence-corrected chi connectivity index (χ4v) is 4.82. The van der Waals surface area contributed by atoms with E-state index in [1.807, 2.05) is 19.2 Å². The van der Waals surface area contributed by atoms with Crippen molar-refractivity contribution in [2.45, 2.75) is 44.7 Å². The van der Waals surface area contributed by atoms with Crippen molar-refractivity contribution in [3.8, 4) is 5.75 Å². The number of hydrogen-bond donors (Lipinski definition) is 2. The van der Waals surface area contributed by atoms with Crippen LogP contribution in [0.25, 0.3) is 10.8 Å². The molecule has 2 fully saturated rings. The molecule has 1 saturated carbocycles. The Morgan fingerprint density at radius 2 is 1.93 bits per heavy atom. The lowest BCUT2D eigenvalue weighted by Crippen LogP contribution is -3.09. The SMILES string of the molecule is COc1ccc2cc(C[NH+](C)CN3C(=O)N[C@]4(CCCC[C@H]4C)C3=O)ccc2c1. The van der Waals surface area contributed by atoms with Gasteiger partial charge in [-0.15, -0.1) is 0 Å². The summed E-state index contributed by atoms with van der Waals surface area (Å²) in [4.78, 5) is 28.3. The summed E-state index contributed by atoms with van der Waals surface area (Å²) in [5.74, 6) is 0.993. The van der Waals surface area contributed by atoms with E-state index in [2.05, 4.69) is 36.5 Å². The van der Waals surface area contributed by atoms with Gasteiger partial charge in [0.25, 0.3) is 5.91 Å². The van der Waals surface area contributed by atoms with Gasteiger partial charge in [-0.25, -0.2) is 9.69 Å². The zero-order chi connectivity index (χ0) is 20.6. The van der Waals surface area contributed by atoms with Crippen molar-refractivity contribution in [3.63, 3.8) is 0 Å². The van der Waals surface area contributed by atoms with Gasteiger partial charge in [0.05, 0.1) is 14.2 Å². The van der Waals surface area contributed by atoms with E-state index in [1.165, 1.54) is 10.5 Å². The molecular weight excluding hydrogens is 366 g/mol. The summed E-state index contributed by atoms with van der Waals surface area (Å²) >= 11 is 0. The Bertz CT molecular complexity index is 944. The highest BCUT2D eigenvalue weighted by molar-refractivity contribution is 6.07. The Morgan fingerprint density at radius 1 is 1.17 bits per heavy atom. The molecule has 1 unspecified atom stereocenters. The Morgan fingerprint density at radius 3 is 2.69 bits per heavy atom. The van der Waals surface area contributed by atoms with E-state index < -0.39 is 5.54 Å². The van der Waals surface area contributed by atoms with Crippen LogP contribution in [0.1, 0.15) is 38.2 Å². The van der Waals surface area contributed by atoms with Gasteiger partial charge < -0.3 is 15.0 Å². The molecule has 3 amide bonds. The minimum atomic E-state index is -0.683. The predicted molar refractivity (Wildman–Crippen MR) is 112 cm³/mol. The second-order valence-corrected chi connectivity index (χ2v) is 8.62. The van der Waals surface area contributed by atoms with Crippen LogP contribution in [-0.4, -0.2) is 43.2 Å². The van der Waals surface area contributed by atoms with Gasteiger partial charge in [0.1, 0.15) is 17.8 Å². The lowest BCUT2D eigenvalue weighted by Gasteiger charge is -2.36. The number of methoxy groups -OCH3 is 1. The number of fused-ring (bicyclic) bond motifs is 1. The highest BCUT2D eigenvalue weighted by Crippen LogP contribution is 2.37. The summed E-state index contributed by atoms with van der Waals surface area (Å²) in [6, 6.07) is 12.1. The molecule has 0 bridgehead atoms. The fraction of sp³-hybridized carbons (Fsp3) is 0.478. The number of carbonyl (C=O) groups is 2. The van der Waals surface area contributed by atoms with Crippen molar-refractivity contribution in [2.75, 3.05) is 20.8 Å². The number of quaternary nitrogens is 1. The summed E-state index contributed by atoms with van der Waals surface area (Å²) in [6.07, 6.45) is 3.87. The molecule has 2 N–H and O–H groups in total. The third-order valence-electron chi connectivity index (χ3n) is 6.55. The average Bonchev–Trinajstić information content (AvgIpc) is 2.94. The lowest BCUT2D eigenvalue weighted by molar-refractivity contribution is -0.901. The quantitative estimate of drug-likeness (QED) is 0.763. The van der Waals surface area contributed by atoms with Gasteiger partial charge in [0.15, 0.2) is 6.67 Å². The molecule has 4 rings (SSSR count). The molecule has 3 atom stereocenters. The van der Waals surface area contributed by atoms with Crippen LogP contribution in [-0.2, 0) is 11.3 Å². The fourth-order valence-electron chi connectivity index (χ4n) is 4.82. The molecule has 1 heterocycles. The van der Waals surface area contributed by atoms with E-state index in [9.17, 15) is 9.59 Å². The highest BCUT2D eigenvalue weighted by Gasteiger charge is 2.55. The zero-order valence-corrected chi connectivity index (χ0v) is 17.5. The molecule has 1 aliphatic carbocycles. The largest absolute Gasteiger partial charge is 0.497 e. The first kappa shape index (κ1) is 19.7. The van der Waals surface area contributed by atoms with Crippen LogP contribution < -0.4 is 15.0 Å². The van der Waals surface area contributed by atoms with Crippen LogP contribution in [0.15, 0.2) is 36.4 Å². The first-order chi connectivity index (χ1) is 13.9. The standard InChI is InChI=1S/C23H29N3O3/c1-16-6-4-5-11-23(16)21(27)26(22(28)24-23)15-25(2)14-17-7-8-19-13-20(29-3)10-9-18(19)12-17/h7-10,12-13,16H,4-6,11,14-15H2,1-3H3,(H,24,28)/p+1/t16-,23+/m1/s1. The summed E-state index contributed by atoms with van der Waals surface area (Å²) in [6.45, 7) is 3.20. The Labute approximate surface area is 171 Å². The van der Waals surface area contributed by atoms with Crippen molar-refractivity contribution in [2.24, 2.45) is 5.92 Å². The number of urea groups is 1. The van der Waals surface area contributed by atoms with E-state index in [0.717, 1.165) is 53.6 Å². The Hall–Kier alpha value is -2.60. The molecule has 2 aromatic rings. The van der Waals surface area contributed by atoms with Gasteiger partial charge in [-0.1, -0.05) is 38.0 Å². The number of benzene rings is 2. The third-order valence-corrected chi connectivity index (χ3v) is 6.55. The second-order valence-electron chi connectivity index (χ2n) is 8.62. The number of hydrogen-bond acceptors (Lipinski definition) is 3. The normalized spacial score (nSPS) is 25.5. The number of nitrogens with one attached hydrogen (secondary N) is 2. The van der Waals surface area contributed by atoms with Crippen molar-refractivity contribution >= 4 is 22.7 Å². The van der Waals surface area contributed by atoms with Gasteiger partial charge in [-0.3, -0.25) is 4.79 Å². The van der Waals surface area contributed by atoms with Crippen molar-refractivity contribution in [3.05, 3.63) is 42.0 Å². The molecule has 1 saturated heterocycles. The van der Waals surface area contributed by atoms with E-state index in [-0.39, 0.29) is 17.9 Å². The molecule has 2 aliphatic rings. The van der Waals surface area contributed by atoms with E-state index in [4.69, 9.17) is 4.74 Å². The Kier molecular flexibility index (Phi) is 5.21. The van der Waals surface area contributed by atoms with Crippen LogP contribution in [0.5, 0.6) is 5.75 Å². The van der Waals surface area contributed by atoms with Crippen LogP contribution >= 0.6 is 0 Å². The minimum absolute atomic E-state index is 0.0420. The van der Waals surface area contributed by atoms with Crippen LogP contribution in [0, 0.1) is 5.92 Å². The molecule has 2 aromatic carbocycles. The van der Waals surface area contributed by atoms with Crippen LogP contribution in [0.4, 0.5) is 4.79 Å². The molecule has 29 heavy (non-hydrogen) atoms. The van der Waals surface area contributed by atoms with Crippen molar-refractivity contribution in [1.29, 1.82) is 0 Å². The molecule has 6 nitrogen and oxygen atoms in total. The van der Waals surface area contributed by atoms with Gasteiger partial charge in [-0.05, 0) is 47.7 Å². The molecule has 0 radical (unpaired) electrons. The summed E-state index contributed by atoms with van der Waals surface area (Å²) in [7, 11) is 3.69. The zero-order valence-electron chi connectivity index (χ0n) is 17.5. The molecule has 154 valence electrons.